The number of nitrogens with one attached hydrogen (secondary N) is 4. The monoisotopic (exact) mass is 518 g/mol. The van der Waals surface area contributed by atoms with Gasteiger partial charge in [0.25, 0.3) is 0 Å². The van der Waals surface area contributed by atoms with Crippen molar-refractivity contribution in [3.05, 3.63) is 48.0 Å². The number of aromatic nitrogens is 2. The van der Waals surface area contributed by atoms with Crippen molar-refractivity contribution in [3.63, 3.8) is 0 Å². The number of H-pyrrole nitrogens is 1. The van der Waals surface area contributed by atoms with E-state index in [1.54, 1.807) is 26.0 Å². The summed E-state index contributed by atoms with van der Waals surface area (Å²) in [7, 11) is 0. The molecule has 13 heteroatoms. The molecule has 202 valence electrons. The summed E-state index contributed by atoms with van der Waals surface area (Å²) >= 11 is 0. The van der Waals surface area contributed by atoms with E-state index < -0.39 is 59.9 Å². The average molecular weight is 519 g/mol. The summed E-state index contributed by atoms with van der Waals surface area (Å²) in [5.41, 5.74) is 7.29. The smallest absolute Gasteiger partial charge is 0.328 e. The molecule has 0 radical (unpaired) electrons. The van der Waals surface area contributed by atoms with E-state index in [4.69, 9.17) is 5.73 Å². The summed E-state index contributed by atoms with van der Waals surface area (Å²) < 4.78 is 0. The van der Waals surface area contributed by atoms with Crippen molar-refractivity contribution in [2.45, 2.75) is 63.9 Å². The molecule has 2 rings (SSSR count). The molecule has 37 heavy (non-hydrogen) atoms. The number of imidazole rings is 1. The molecule has 5 atom stereocenters. The predicted molar refractivity (Wildman–Crippen MR) is 132 cm³/mol. The third-order valence-corrected chi connectivity index (χ3v) is 5.63. The molecular weight excluding hydrogens is 484 g/mol. The molecule has 5 unspecified atom stereocenters. The zero-order valence-corrected chi connectivity index (χ0v) is 20.8. The number of carboxylic acids is 1. The number of hydrogen-bond donors (Lipinski definition) is 8. The molecule has 0 fully saturated rings. The molecule has 1 aromatic carbocycles. The highest BCUT2D eigenvalue weighted by molar-refractivity contribution is 5.94. The summed E-state index contributed by atoms with van der Waals surface area (Å²) in [5.74, 6) is -3.91. The number of carbonyl (C=O) groups excluding carboxylic acids is 3. The fraction of sp³-hybridized carbons (Fsp3) is 0.458. The van der Waals surface area contributed by atoms with Crippen LogP contribution in [0.1, 0.15) is 32.0 Å². The van der Waals surface area contributed by atoms with E-state index in [9.17, 15) is 34.5 Å². The maximum Gasteiger partial charge on any atom is 0.328 e. The molecule has 1 heterocycles. The molecule has 1 aromatic heterocycles. The first-order valence-electron chi connectivity index (χ1n) is 11.7. The van der Waals surface area contributed by atoms with Gasteiger partial charge in [-0.15, -0.1) is 0 Å². The van der Waals surface area contributed by atoms with E-state index >= 15 is 0 Å². The Morgan fingerprint density at radius 3 is 2.08 bits per heavy atom. The average Bonchev–Trinajstić information content (AvgIpc) is 3.34. The molecule has 0 aliphatic rings. The molecular formula is C24H34N6O7. The van der Waals surface area contributed by atoms with Crippen LogP contribution < -0.4 is 21.7 Å². The lowest BCUT2D eigenvalue weighted by atomic mass is 10.0. The van der Waals surface area contributed by atoms with Crippen LogP contribution in [0.15, 0.2) is 36.8 Å². The maximum absolute atomic E-state index is 13.2. The number of amides is 3. The van der Waals surface area contributed by atoms with Crippen molar-refractivity contribution >= 4 is 23.7 Å². The Balaban J connectivity index is 2.16. The quantitative estimate of drug-likeness (QED) is 0.159. The van der Waals surface area contributed by atoms with Gasteiger partial charge in [0.2, 0.25) is 17.7 Å². The van der Waals surface area contributed by atoms with Crippen LogP contribution in [0.25, 0.3) is 0 Å². The molecule has 0 bridgehead atoms. The number of aromatic amines is 1. The minimum absolute atomic E-state index is 0.0152. The molecule has 13 nitrogen and oxygen atoms in total. The van der Waals surface area contributed by atoms with Crippen LogP contribution in [-0.4, -0.2) is 79.2 Å². The van der Waals surface area contributed by atoms with Gasteiger partial charge in [0.15, 0.2) is 6.04 Å². The molecule has 0 spiro atoms. The van der Waals surface area contributed by atoms with Crippen LogP contribution in [0.5, 0.6) is 5.75 Å². The second kappa shape index (κ2) is 13.4. The van der Waals surface area contributed by atoms with Gasteiger partial charge in [-0.25, -0.2) is 9.78 Å². The van der Waals surface area contributed by atoms with Crippen LogP contribution >= 0.6 is 0 Å². The Kier molecular flexibility index (Phi) is 10.6. The maximum atomic E-state index is 13.2. The van der Waals surface area contributed by atoms with Crippen LogP contribution in [0.4, 0.5) is 0 Å². The topological polar surface area (TPSA) is 220 Å². The minimum atomic E-state index is -1.57. The lowest BCUT2D eigenvalue weighted by Crippen LogP contribution is -2.60. The number of carboxylic acid groups (broad SMARTS) is 1. The number of nitrogens with two attached hydrogens (primary N) is 1. The van der Waals surface area contributed by atoms with Gasteiger partial charge in [0, 0.05) is 18.3 Å². The Morgan fingerprint density at radius 1 is 0.946 bits per heavy atom. The highest BCUT2D eigenvalue weighted by atomic mass is 16.4. The number of phenols is 1. The van der Waals surface area contributed by atoms with E-state index in [-0.39, 0.29) is 18.6 Å². The number of aliphatic carboxylic acids is 1. The highest BCUT2D eigenvalue weighted by Crippen LogP contribution is 2.11. The molecule has 0 aliphatic carbocycles. The van der Waals surface area contributed by atoms with Crippen molar-refractivity contribution in [1.82, 2.24) is 25.9 Å². The van der Waals surface area contributed by atoms with Gasteiger partial charge in [-0.05, 0) is 37.0 Å². The van der Waals surface area contributed by atoms with E-state index in [2.05, 4.69) is 25.9 Å². The largest absolute Gasteiger partial charge is 0.508 e. The zero-order valence-electron chi connectivity index (χ0n) is 20.8. The van der Waals surface area contributed by atoms with Crippen molar-refractivity contribution in [1.29, 1.82) is 0 Å². The molecule has 3 amide bonds. The van der Waals surface area contributed by atoms with Gasteiger partial charge >= 0.3 is 5.97 Å². The first-order valence-corrected chi connectivity index (χ1v) is 11.7. The molecule has 0 aliphatic heterocycles. The van der Waals surface area contributed by atoms with Gasteiger partial charge in [-0.2, -0.15) is 0 Å². The minimum Gasteiger partial charge on any atom is -0.508 e. The number of nitrogens with zero attached hydrogens (tertiary/aromatic N) is 1. The fourth-order valence-electron chi connectivity index (χ4n) is 3.50. The molecule has 0 saturated carbocycles. The van der Waals surface area contributed by atoms with Crippen LogP contribution in [-0.2, 0) is 32.0 Å². The zero-order chi connectivity index (χ0) is 27.7. The molecule has 2 aromatic rings. The van der Waals surface area contributed by atoms with Crippen molar-refractivity contribution < 1.29 is 34.5 Å². The second-order valence-electron chi connectivity index (χ2n) is 9.11. The third-order valence-electron chi connectivity index (χ3n) is 5.63. The summed E-state index contributed by atoms with van der Waals surface area (Å²) in [5, 5.41) is 35.8. The number of aromatic hydroxyl groups is 1. The van der Waals surface area contributed by atoms with E-state index in [1.165, 1.54) is 31.6 Å². The summed E-state index contributed by atoms with van der Waals surface area (Å²) in [6, 6.07) is 1.33. The lowest BCUT2D eigenvalue weighted by Gasteiger charge is -2.27. The van der Waals surface area contributed by atoms with Crippen LogP contribution in [0.3, 0.4) is 0 Å². The lowest BCUT2D eigenvalue weighted by molar-refractivity contribution is -0.145. The van der Waals surface area contributed by atoms with E-state index in [0.29, 0.717) is 11.3 Å². The Hall–Kier alpha value is -3.97. The fourth-order valence-corrected chi connectivity index (χ4v) is 3.50. The molecule has 0 saturated heterocycles. The van der Waals surface area contributed by atoms with Crippen molar-refractivity contribution in [2.75, 3.05) is 0 Å². The first-order chi connectivity index (χ1) is 17.4. The number of rotatable bonds is 13. The second-order valence-corrected chi connectivity index (χ2v) is 9.11. The van der Waals surface area contributed by atoms with Crippen LogP contribution in [0.2, 0.25) is 0 Å². The normalized spacial score (nSPS) is 15.2. The van der Waals surface area contributed by atoms with Gasteiger partial charge in [0.05, 0.1) is 18.5 Å². The van der Waals surface area contributed by atoms with E-state index in [0.717, 1.165) is 0 Å². The Bertz CT molecular complexity index is 1060. The Morgan fingerprint density at radius 2 is 1.57 bits per heavy atom. The third kappa shape index (κ3) is 8.88. The van der Waals surface area contributed by atoms with Gasteiger partial charge in [-0.3, -0.25) is 14.4 Å². The van der Waals surface area contributed by atoms with Gasteiger partial charge in [-0.1, -0.05) is 26.0 Å². The summed E-state index contributed by atoms with van der Waals surface area (Å²) in [4.78, 5) is 57.0. The number of hydrogen-bond acceptors (Lipinski definition) is 8. The molecule has 9 N–H and O–H groups in total. The van der Waals surface area contributed by atoms with Crippen molar-refractivity contribution in [2.24, 2.45) is 11.7 Å². The highest BCUT2D eigenvalue weighted by Gasteiger charge is 2.33. The number of aliphatic hydroxyl groups excluding tert-OH is 1. The van der Waals surface area contributed by atoms with E-state index in [1.807, 2.05) is 0 Å². The first kappa shape index (κ1) is 29.3. The number of aliphatic hydroxyl groups is 1. The van der Waals surface area contributed by atoms with Crippen molar-refractivity contribution in [3.8, 4) is 5.75 Å². The summed E-state index contributed by atoms with van der Waals surface area (Å²) in [6.45, 7) is 4.52. The number of phenolic OH excluding ortho intramolecular Hbond substituents is 1. The predicted octanol–water partition coefficient (Wildman–Crippen LogP) is -1.20. The standard InChI is InChI=1S/C24H34N6O7/c1-12(2)19(23(35)30-20(13(3)31)24(36)37)29-22(34)18(9-15-10-26-11-27-15)28-21(33)17(25)8-14-4-6-16(32)7-5-14/h4-7,10-13,17-20,31-32H,8-9,25H2,1-3H3,(H,26,27)(H,28,33)(H,29,34)(H,30,35)(H,36,37). The van der Waals surface area contributed by atoms with Gasteiger partial charge < -0.3 is 42.0 Å². The number of benzene rings is 1. The summed E-state index contributed by atoms with van der Waals surface area (Å²) in [6.07, 6.45) is 1.69. The Labute approximate surface area is 213 Å². The van der Waals surface area contributed by atoms with Gasteiger partial charge in [0.1, 0.15) is 17.8 Å². The SMILES string of the molecule is CC(C)C(NC(=O)C(Cc1cnc[nH]1)NC(=O)C(N)Cc1ccc(O)cc1)C(=O)NC(C(=O)O)C(C)O. The van der Waals surface area contributed by atoms with Crippen LogP contribution in [0, 0.1) is 5.92 Å². The number of carbonyl (C=O) groups is 4.